The third-order valence-electron chi connectivity index (χ3n) is 21.0. The zero-order chi connectivity index (χ0) is 43.0. The summed E-state index contributed by atoms with van der Waals surface area (Å²) in [6.45, 7) is 13.6. The van der Waals surface area contributed by atoms with E-state index in [9.17, 15) is 45.0 Å². The lowest BCUT2D eigenvalue weighted by Crippen LogP contribution is -2.58. The number of aliphatic hydroxyl groups is 4. The van der Waals surface area contributed by atoms with Crippen LogP contribution < -0.4 is 0 Å². The molecule has 8 saturated carbocycles. The van der Waals surface area contributed by atoms with E-state index in [1.54, 1.807) is 0 Å². The largest absolute Gasteiger partial charge is 0.481 e. The van der Waals surface area contributed by atoms with Crippen LogP contribution in [0.1, 0.15) is 178 Å². The van der Waals surface area contributed by atoms with E-state index in [1.807, 2.05) is 6.92 Å². The number of carbonyl (C=O) groups is 3. The highest BCUT2D eigenvalue weighted by Gasteiger charge is 2.65. The van der Waals surface area contributed by atoms with Crippen molar-refractivity contribution in [1.82, 2.24) is 0 Å². The number of fused-ring (bicyclic) bond motifs is 10. The molecule has 0 aromatic heterocycles. The monoisotopic (exact) mass is 861 g/mol. The number of aliphatic carboxylic acids is 3. The van der Waals surface area contributed by atoms with Gasteiger partial charge in [0.2, 0.25) is 0 Å². The highest BCUT2D eigenvalue weighted by molar-refractivity contribution is 5.92. The molecule has 7 N–H and O–H groups in total. The standard InChI is InChI=1S/C25H40O6.C24H40O4.2CH4/c1-13(10-17(22(28)29)23(30)31)18-6-7-19-16-5-4-14-11-15(26)8-9-24(14,2)20(16)12-21(27)25(18,19)3;1-14(4-9-22(27)28)18-7-8-19-17-6-5-15-12-16(25)10-11-23(15,2)20(17)13-21(26)24(18,19)3;;/h13-21,26-27H,4-12H2,1-3H3,(H,28,29)(H,30,31);14-21,25-26H,4-13H2,1-3H3,(H,27,28);2*1H4/t13-,14-,15-,16?,18-,19?,20?,21+,24+,25-;14-,15-,16-,17?,18-,19?,20?,21+,23+,24-;;/m11../s1. The van der Waals surface area contributed by atoms with Gasteiger partial charge in [-0.1, -0.05) is 56.4 Å². The molecule has 0 aromatic carbocycles. The van der Waals surface area contributed by atoms with Crippen LogP contribution in [0.2, 0.25) is 0 Å². The molecule has 0 aromatic rings. The lowest BCUT2D eigenvalue weighted by Gasteiger charge is -2.62. The molecular weight excluding hydrogens is 773 g/mol. The van der Waals surface area contributed by atoms with Crippen LogP contribution in [0.15, 0.2) is 0 Å². The minimum absolute atomic E-state index is 0. The summed E-state index contributed by atoms with van der Waals surface area (Å²) in [5.74, 6) is 0.709. The molecule has 10 heteroatoms. The Balaban J connectivity index is 0.000000225. The van der Waals surface area contributed by atoms with E-state index in [2.05, 4.69) is 34.6 Å². The van der Waals surface area contributed by atoms with Crippen LogP contribution in [0, 0.1) is 98.6 Å². The van der Waals surface area contributed by atoms with Crippen molar-refractivity contribution in [2.45, 2.75) is 203 Å². The Morgan fingerprint density at radius 3 is 1.34 bits per heavy atom. The van der Waals surface area contributed by atoms with E-state index in [-0.39, 0.29) is 79.5 Å². The average molecular weight is 861 g/mol. The van der Waals surface area contributed by atoms with Crippen LogP contribution in [0.3, 0.4) is 0 Å². The Hall–Kier alpha value is -1.75. The highest BCUT2D eigenvalue weighted by Crippen LogP contribution is 2.70. The van der Waals surface area contributed by atoms with Crippen molar-refractivity contribution < 1.29 is 50.1 Å². The summed E-state index contributed by atoms with van der Waals surface area (Å²) < 4.78 is 0. The Morgan fingerprint density at radius 2 is 0.951 bits per heavy atom. The van der Waals surface area contributed by atoms with Crippen molar-refractivity contribution in [2.75, 3.05) is 0 Å². The summed E-state index contributed by atoms with van der Waals surface area (Å²) in [6.07, 6.45) is 16.6. The van der Waals surface area contributed by atoms with Gasteiger partial charge in [0.1, 0.15) is 0 Å². The Kier molecular flexibility index (Phi) is 15.3. The second kappa shape index (κ2) is 18.6. The number of carboxylic acids is 3. The summed E-state index contributed by atoms with van der Waals surface area (Å²) in [4.78, 5) is 34.0. The van der Waals surface area contributed by atoms with Gasteiger partial charge in [-0.3, -0.25) is 14.4 Å². The molecule has 8 aliphatic rings. The molecule has 0 saturated heterocycles. The van der Waals surface area contributed by atoms with Crippen molar-refractivity contribution in [1.29, 1.82) is 0 Å². The van der Waals surface area contributed by atoms with Gasteiger partial charge in [-0.25, -0.2) is 0 Å². The minimum Gasteiger partial charge on any atom is -0.481 e. The maximum atomic E-state index is 11.5. The van der Waals surface area contributed by atoms with Crippen LogP contribution in [0.5, 0.6) is 0 Å². The van der Waals surface area contributed by atoms with E-state index in [0.717, 1.165) is 89.9 Å². The maximum absolute atomic E-state index is 11.5. The fourth-order valence-electron chi connectivity index (χ4n) is 17.7. The Bertz CT molecular complexity index is 1540. The van der Waals surface area contributed by atoms with Gasteiger partial charge in [-0.2, -0.15) is 0 Å². The number of aliphatic hydroxyl groups excluding tert-OH is 4. The van der Waals surface area contributed by atoms with Crippen molar-refractivity contribution in [3.63, 3.8) is 0 Å². The molecule has 8 rings (SSSR count). The van der Waals surface area contributed by atoms with Crippen LogP contribution >= 0.6 is 0 Å². The molecule has 0 amide bonds. The van der Waals surface area contributed by atoms with Crippen LogP contribution in [-0.2, 0) is 14.4 Å². The first-order valence-electron chi connectivity index (χ1n) is 24.1. The van der Waals surface area contributed by atoms with Crippen molar-refractivity contribution in [3.05, 3.63) is 0 Å². The Morgan fingerprint density at radius 1 is 0.541 bits per heavy atom. The summed E-state index contributed by atoms with van der Waals surface area (Å²) >= 11 is 0. The molecule has 0 spiro atoms. The van der Waals surface area contributed by atoms with Gasteiger partial charge in [0, 0.05) is 6.42 Å². The van der Waals surface area contributed by atoms with Gasteiger partial charge in [0.15, 0.2) is 5.92 Å². The second-order valence-electron chi connectivity index (χ2n) is 23.1. The molecule has 0 heterocycles. The third-order valence-corrected chi connectivity index (χ3v) is 21.0. The third kappa shape index (κ3) is 8.50. The zero-order valence-electron chi connectivity index (χ0n) is 37.1. The van der Waals surface area contributed by atoms with Gasteiger partial charge in [-0.05, 0) is 208 Å². The van der Waals surface area contributed by atoms with Crippen molar-refractivity contribution in [3.8, 4) is 0 Å². The van der Waals surface area contributed by atoms with Gasteiger partial charge in [0.25, 0.3) is 0 Å². The predicted octanol–water partition coefficient (Wildman–Crippen LogP) is 9.54. The first kappa shape index (κ1) is 50.3. The smallest absolute Gasteiger partial charge is 0.317 e. The summed E-state index contributed by atoms with van der Waals surface area (Å²) in [7, 11) is 0. The second-order valence-corrected chi connectivity index (χ2v) is 23.1. The maximum Gasteiger partial charge on any atom is 0.317 e. The molecule has 20 atom stereocenters. The lowest BCUT2D eigenvalue weighted by molar-refractivity contribution is -0.176. The van der Waals surface area contributed by atoms with Crippen molar-refractivity contribution in [2.24, 2.45) is 98.6 Å². The molecule has 0 aliphatic heterocycles. The van der Waals surface area contributed by atoms with E-state index < -0.39 is 29.9 Å². The van der Waals surface area contributed by atoms with Crippen LogP contribution in [0.25, 0.3) is 0 Å². The quantitative estimate of drug-likeness (QED) is 0.110. The SMILES string of the molecule is C.C.C[C@H](CC(C(=O)O)C(=O)O)[C@H]1CCC2C3CC[C@@H]4C[C@H](O)CC[C@]4(C)C3C[C@H](O)[C@@]21C.C[C@H](CCC(=O)O)[C@H]1CCC2C3CC[C@@H]4C[C@H](O)CC[C@]4(C)C3C[C@H](O)[C@@]21C. The summed E-state index contributed by atoms with van der Waals surface area (Å²) in [5.41, 5.74) is 0.124. The van der Waals surface area contributed by atoms with Gasteiger partial charge in [0.05, 0.1) is 24.4 Å². The molecule has 352 valence electrons. The average Bonchev–Trinajstić information content (AvgIpc) is 3.73. The van der Waals surface area contributed by atoms with Crippen LogP contribution in [-0.4, -0.2) is 78.1 Å². The normalized spacial score (nSPS) is 48.0. The van der Waals surface area contributed by atoms with E-state index in [1.165, 1.54) is 19.3 Å². The van der Waals surface area contributed by atoms with Gasteiger partial charge >= 0.3 is 17.9 Å². The lowest BCUT2D eigenvalue weighted by atomic mass is 9.43. The minimum atomic E-state index is -1.38. The number of carboxylic acid groups (broad SMARTS) is 3. The molecule has 8 aliphatic carbocycles. The molecular formula is C51H88O10. The first-order valence-corrected chi connectivity index (χ1v) is 24.1. The molecule has 61 heavy (non-hydrogen) atoms. The summed E-state index contributed by atoms with van der Waals surface area (Å²) in [6, 6.07) is 0. The number of hydrogen-bond acceptors (Lipinski definition) is 7. The highest BCUT2D eigenvalue weighted by atomic mass is 16.4. The van der Waals surface area contributed by atoms with E-state index in [0.29, 0.717) is 59.2 Å². The van der Waals surface area contributed by atoms with Gasteiger partial charge in [-0.15, -0.1) is 0 Å². The predicted molar refractivity (Wildman–Crippen MR) is 237 cm³/mol. The van der Waals surface area contributed by atoms with Gasteiger partial charge < -0.3 is 35.7 Å². The number of rotatable bonds is 9. The first-order chi connectivity index (χ1) is 27.7. The molecule has 8 fully saturated rings. The van der Waals surface area contributed by atoms with E-state index in [4.69, 9.17) is 5.11 Å². The Labute approximate surface area is 368 Å². The zero-order valence-corrected chi connectivity index (χ0v) is 37.1. The van der Waals surface area contributed by atoms with E-state index >= 15 is 0 Å². The number of hydrogen-bond donors (Lipinski definition) is 7. The van der Waals surface area contributed by atoms with Crippen LogP contribution in [0.4, 0.5) is 0 Å². The fraction of sp³-hybridized carbons (Fsp3) is 0.941. The molecule has 6 unspecified atom stereocenters. The van der Waals surface area contributed by atoms with Crippen molar-refractivity contribution >= 4 is 17.9 Å². The molecule has 10 nitrogen and oxygen atoms in total. The summed E-state index contributed by atoms with van der Waals surface area (Å²) in [5, 5.41) is 71.2. The molecule has 0 radical (unpaired) electrons. The molecule has 0 bridgehead atoms. The fourth-order valence-corrected chi connectivity index (χ4v) is 17.7. The topological polar surface area (TPSA) is 193 Å².